The second-order valence-corrected chi connectivity index (χ2v) is 16.1. The predicted molar refractivity (Wildman–Crippen MR) is 262 cm³/mol. The van der Waals surface area contributed by atoms with E-state index < -0.39 is 0 Å². The molecule has 3 heterocycles. The molecule has 63 heavy (non-hydrogen) atoms. The minimum Gasteiger partial charge on any atom is -0.456 e. The molecule has 0 unspecified atom stereocenters. The van der Waals surface area contributed by atoms with Crippen molar-refractivity contribution < 1.29 is 8.83 Å². The molecule has 0 aliphatic carbocycles. The van der Waals surface area contributed by atoms with Crippen LogP contribution in [0.4, 0.5) is 51.2 Å². The lowest BCUT2D eigenvalue weighted by Crippen LogP contribution is -2.24. The summed E-state index contributed by atoms with van der Waals surface area (Å²) in [6, 6.07) is 80.0. The van der Waals surface area contributed by atoms with Crippen LogP contribution in [0.2, 0.25) is 0 Å². The molecular weight excluding hydrogens is 771 g/mol. The van der Waals surface area contributed by atoms with Crippen LogP contribution in [-0.2, 0) is 0 Å². The van der Waals surface area contributed by atoms with Gasteiger partial charge < -0.3 is 23.5 Å². The molecule has 0 N–H and O–H groups in total. The predicted octanol–water partition coefficient (Wildman–Crippen LogP) is 17.0. The number of benzene rings is 10. The van der Waals surface area contributed by atoms with Crippen LogP contribution >= 0.6 is 0 Å². The third kappa shape index (κ3) is 5.57. The number of fused-ring (bicyclic) bond motifs is 9. The molecule has 2 aromatic heterocycles. The van der Waals surface area contributed by atoms with Gasteiger partial charge in [0.25, 0.3) is 0 Å². The molecule has 0 saturated heterocycles. The first-order valence-corrected chi connectivity index (χ1v) is 21.3. The Morgan fingerprint density at radius 1 is 0.286 bits per heavy atom. The Morgan fingerprint density at radius 3 is 1.52 bits per heavy atom. The van der Waals surface area contributed by atoms with Gasteiger partial charge in [0.15, 0.2) is 0 Å². The quantitative estimate of drug-likeness (QED) is 0.167. The highest BCUT2D eigenvalue weighted by molar-refractivity contribution is 6.13. The van der Waals surface area contributed by atoms with Gasteiger partial charge in [-0.1, -0.05) is 121 Å². The van der Waals surface area contributed by atoms with Crippen LogP contribution in [0.1, 0.15) is 0 Å². The van der Waals surface area contributed by atoms with Crippen molar-refractivity contribution in [2.24, 2.45) is 0 Å². The number of hydrogen-bond donors (Lipinski definition) is 0. The molecule has 10 aromatic carbocycles. The van der Waals surface area contributed by atoms with Crippen molar-refractivity contribution in [1.82, 2.24) is 0 Å². The molecular formula is C58H37N3O2. The van der Waals surface area contributed by atoms with Crippen LogP contribution in [-0.4, -0.2) is 0 Å². The van der Waals surface area contributed by atoms with E-state index in [1.165, 1.54) is 10.9 Å². The van der Waals surface area contributed by atoms with Gasteiger partial charge in [-0.25, -0.2) is 0 Å². The van der Waals surface area contributed by atoms with Crippen molar-refractivity contribution in [2.75, 3.05) is 14.7 Å². The van der Waals surface area contributed by atoms with Gasteiger partial charge in [0.05, 0.1) is 28.4 Å². The van der Waals surface area contributed by atoms with Gasteiger partial charge in [0.2, 0.25) is 0 Å². The van der Waals surface area contributed by atoms with Gasteiger partial charge in [0, 0.05) is 49.7 Å². The average Bonchev–Trinajstić information content (AvgIpc) is 3.91. The van der Waals surface area contributed by atoms with E-state index in [-0.39, 0.29) is 0 Å². The second kappa shape index (κ2) is 14.0. The van der Waals surface area contributed by atoms with Gasteiger partial charge in [-0.15, -0.1) is 0 Å². The first-order chi connectivity index (χ1) is 31.2. The maximum atomic E-state index is 6.28. The molecule has 0 spiro atoms. The fourth-order valence-corrected chi connectivity index (χ4v) is 9.74. The number of nitrogens with zero attached hydrogens (tertiary/aromatic N) is 3. The van der Waals surface area contributed by atoms with E-state index >= 15 is 0 Å². The molecule has 0 amide bonds. The van der Waals surface area contributed by atoms with E-state index in [9.17, 15) is 0 Å². The van der Waals surface area contributed by atoms with Gasteiger partial charge in [0.1, 0.15) is 22.3 Å². The Balaban J connectivity index is 1.02. The zero-order valence-electron chi connectivity index (χ0n) is 34.0. The van der Waals surface area contributed by atoms with Crippen molar-refractivity contribution in [3.05, 3.63) is 224 Å². The molecule has 296 valence electrons. The number of furan rings is 2. The maximum absolute atomic E-state index is 6.28. The third-order valence-corrected chi connectivity index (χ3v) is 12.5. The number of rotatable bonds is 6. The molecule has 0 fully saturated rings. The maximum Gasteiger partial charge on any atom is 0.135 e. The van der Waals surface area contributed by atoms with E-state index in [0.29, 0.717) is 0 Å². The largest absolute Gasteiger partial charge is 0.456 e. The third-order valence-electron chi connectivity index (χ3n) is 12.5. The Morgan fingerprint density at radius 2 is 0.794 bits per heavy atom. The molecule has 5 heteroatoms. The van der Waals surface area contributed by atoms with E-state index in [1.807, 2.05) is 24.3 Å². The summed E-state index contributed by atoms with van der Waals surface area (Å²) in [5.41, 5.74) is 15.6. The first kappa shape index (κ1) is 35.2. The SMILES string of the molecule is c1ccc(N(c2ccc3c(c2)N(c2ccccc2)c2ccccc2N3c2ccc(-c3ccc4oc5ccccc5c4c3)c3ccccc23)c2ccc3oc4ccccc4c3c2)cc1. The van der Waals surface area contributed by atoms with Crippen LogP contribution in [0.5, 0.6) is 0 Å². The minimum atomic E-state index is 0.870. The van der Waals surface area contributed by atoms with Crippen LogP contribution in [0.3, 0.4) is 0 Å². The van der Waals surface area contributed by atoms with Crippen molar-refractivity contribution in [1.29, 1.82) is 0 Å². The number of hydrogen-bond acceptors (Lipinski definition) is 5. The fraction of sp³-hybridized carbons (Fsp3) is 0. The van der Waals surface area contributed by atoms with Gasteiger partial charge >= 0.3 is 0 Å². The summed E-state index contributed by atoms with van der Waals surface area (Å²) < 4.78 is 12.5. The zero-order chi connectivity index (χ0) is 41.4. The number of anilines is 9. The van der Waals surface area contributed by atoms with Gasteiger partial charge in [-0.3, -0.25) is 0 Å². The first-order valence-electron chi connectivity index (χ1n) is 21.3. The van der Waals surface area contributed by atoms with Crippen LogP contribution in [0.25, 0.3) is 65.8 Å². The lowest BCUT2D eigenvalue weighted by molar-refractivity contribution is 0.668. The summed E-state index contributed by atoms with van der Waals surface area (Å²) in [6.07, 6.45) is 0. The Kier molecular flexibility index (Phi) is 7.84. The fourth-order valence-electron chi connectivity index (χ4n) is 9.74. The van der Waals surface area contributed by atoms with Crippen molar-refractivity contribution in [2.45, 2.75) is 0 Å². The van der Waals surface area contributed by atoms with E-state index in [2.05, 4.69) is 215 Å². The lowest BCUT2D eigenvalue weighted by atomic mass is 9.94. The normalized spacial score (nSPS) is 12.4. The molecule has 5 nitrogen and oxygen atoms in total. The van der Waals surface area contributed by atoms with Gasteiger partial charge in [-0.05, 0) is 120 Å². The Bertz CT molecular complexity index is 3720. The highest BCUT2D eigenvalue weighted by Gasteiger charge is 2.32. The van der Waals surface area contributed by atoms with E-state index in [4.69, 9.17) is 8.83 Å². The molecule has 0 saturated carbocycles. The molecule has 1 aliphatic heterocycles. The molecule has 0 atom stereocenters. The van der Waals surface area contributed by atoms with Gasteiger partial charge in [-0.2, -0.15) is 0 Å². The van der Waals surface area contributed by atoms with Crippen LogP contribution < -0.4 is 14.7 Å². The Hall–Kier alpha value is -8.54. The summed E-state index contributed by atoms with van der Waals surface area (Å²) in [5, 5.41) is 6.78. The number of para-hydroxylation sites is 6. The highest BCUT2D eigenvalue weighted by atomic mass is 16.3. The summed E-state index contributed by atoms with van der Waals surface area (Å²) >= 11 is 0. The minimum absolute atomic E-state index is 0.870. The topological polar surface area (TPSA) is 36.0 Å². The van der Waals surface area contributed by atoms with Crippen molar-refractivity contribution >= 4 is 106 Å². The van der Waals surface area contributed by atoms with Crippen molar-refractivity contribution in [3.63, 3.8) is 0 Å². The smallest absolute Gasteiger partial charge is 0.135 e. The van der Waals surface area contributed by atoms with Crippen LogP contribution in [0, 0.1) is 0 Å². The lowest BCUT2D eigenvalue weighted by Gasteiger charge is -2.41. The van der Waals surface area contributed by atoms with E-state index in [0.717, 1.165) is 106 Å². The molecule has 0 radical (unpaired) electrons. The molecule has 13 rings (SSSR count). The standard InChI is InChI=1S/C58H37N3O2/c1-3-15-39(16-4-1)59(41-29-34-58-49(36-41)47-22-10-14-26-56(47)63-58)42-28-31-53-54(37-42)60(40-17-5-2-6-18-40)51-23-11-12-24-52(51)61(53)50-32-30-43(44-19-7-8-20-45(44)50)38-27-33-57-48(35-38)46-21-9-13-25-55(46)62-57/h1-37H. The van der Waals surface area contributed by atoms with E-state index in [1.54, 1.807) is 0 Å². The molecule has 0 bridgehead atoms. The average molecular weight is 808 g/mol. The molecule has 1 aliphatic rings. The Labute approximate surface area is 363 Å². The summed E-state index contributed by atoms with van der Waals surface area (Å²) in [4.78, 5) is 7.20. The van der Waals surface area contributed by atoms with Crippen LogP contribution in [0.15, 0.2) is 233 Å². The monoisotopic (exact) mass is 807 g/mol. The molecule has 12 aromatic rings. The summed E-state index contributed by atoms with van der Waals surface area (Å²) in [6.45, 7) is 0. The summed E-state index contributed by atoms with van der Waals surface area (Å²) in [7, 11) is 0. The second-order valence-electron chi connectivity index (χ2n) is 16.1. The highest BCUT2D eigenvalue weighted by Crippen LogP contribution is 2.57. The summed E-state index contributed by atoms with van der Waals surface area (Å²) in [5.74, 6) is 0. The van der Waals surface area contributed by atoms with Crippen molar-refractivity contribution in [3.8, 4) is 11.1 Å². The zero-order valence-corrected chi connectivity index (χ0v) is 34.0.